The maximum Gasteiger partial charge on any atom is 0.0214 e. The molecule has 0 radical (unpaired) electrons. The molecule has 16 heavy (non-hydrogen) atoms. The summed E-state index contributed by atoms with van der Waals surface area (Å²) >= 11 is 0. The van der Waals surface area contributed by atoms with E-state index in [-0.39, 0.29) is 0 Å². The summed E-state index contributed by atoms with van der Waals surface area (Å²) in [5.74, 6) is 6.53. The van der Waals surface area contributed by atoms with E-state index < -0.39 is 0 Å². The average Bonchev–Trinajstić information content (AvgIpc) is 2.29. The van der Waals surface area contributed by atoms with Crippen LogP contribution in [0.2, 0.25) is 0 Å². The monoisotopic (exact) mass is 221 g/mol. The summed E-state index contributed by atoms with van der Waals surface area (Å²) < 4.78 is 0. The van der Waals surface area contributed by atoms with Crippen LogP contribution in [0, 0.1) is 11.8 Å². The molecule has 1 aliphatic heterocycles. The standard InChI is InChI=1S/C15H27N/c1-2-4-6-8-10-12-14-16-15-13-11-9-7-5-3-1/h16H,1-8,10,12-15H2. The molecule has 0 atom stereocenters. The third kappa shape index (κ3) is 8.80. The minimum atomic E-state index is 1.03. The van der Waals surface area contributed by atoms with Crippen LogP contribution < -0.4 is 5.32 Å². The predicted octanol–water partition coefficient (Wildman–Crippen LogP) is 3.88. The Morgan fingerprint density at radius 1 is 0.500 bits per heavy atom. The van der Waals surface area contributed by atoms with Gasteiger partial charge in [0.25, 0.3) is 0 Å². The average molecular weight is 221 g/mol. The van der Waals surface area contributed by atoms with Crippen molar-refractivity contribution in [2.75, 3.05) is 13.1 Å². The highest BCUT2D eigenvalue weighted by atomic mass is 14.8. The minimum Gasteiger partial charge on any atom is -0.316 e. The van der Waals surface area contributed by atoms with Crippen LogP contribution >= 0.6 is 0 Å². The largest absolute Gasteiger partial charge is 0.316 e. The topological polar surface area (TPSA) is 12.0 Å². The Kier molecular flexibility index (Phi) is 9.36. The number of hydrogen-bond acceptors (Lipinski definition) is 1. The van der Waals surface area contributed by atoms with Gasteiger partial charge in [-0.3, -0.25) is 0 Å². The van der Waals surface area contributed by atoms with Crippen LogP contribution in [-0.2, 0) is 0 Å². The summed E-state index contributed by atoms with van der Waals surface area (Å²) in [5, 5.41) is 3.46. The summed E-state index contributed by atoms with van der Waals surface area (Å²) in [7, 11) is 0. The van der Waals surface area contributed by atoms with Crippen molar-refractivity contribution in [2.24, 2.45) is 0 Å². The lowest BCUT2D eigenvalue weighted by atomic mass is 10.1. The van der Waals surface area contributed by atoms with E-state index >= 15 is 0 Å². The summed E-state index contributed by atoms with van der Waals surface area (Å²) in [5.41, 5.74) is 0. The van der Waals surface area contributed by atoms with Gasteiger partial charge in [0.05, 0.1) is 0 Å². The van der Waals surface area contributed by atoms with Gasteiger partial charge in [-0.2, -0.15) is 0 Å². The van der Waals surface area contributed by atoms with Crippen LogP contribution in [-0.4, -0.2) is 13.1 Å². The first-order valence-electron chi connectivity index (χ1n) is 7.16. The Bertz CT molecular complexity index is 179. The van der Waals surface area contributed by atoms with Crippen LogP contribution in [0.25, 0.3) is 0 Å². The van der Waals surface area contributed by atoms with Gasteiger partial charge >= 0.3 is 0 Å². The normalized spacial score (nSPS) is 22.0. The molecule has 0 amide bonds. The van der Waals surface area contributed by atoms with Crippen molar-refractivity contribution in [2.45, 2.75) is 70.6 Å². The van der Waals surface area contributed by atoms with Crippen molar-refractivity contribution in [3.63, 3.8) is 0 Å². The molecule has 0 aromatic rings. The fraction of sp³-hybridized carbons (Fsp3) is 0.867. The van der Waals surface area contributed by atoms with Crippen molar-refractivity contribution in [3.8, 4) is 11.8 Å². The number of rotatable bonds is 0. The molecule has 0 fully saturated rings. The zero-order valence-corrected chi connectivity index (χ0v) is 10.7. The van der Waals surface area contributed by atoms with Crippen LogP contribution in [0.4, 0.5) is 0 Å². The molecule has 1 N–H and O–H groups in total. The van der Waals surface area contributed by atoms with E-state index in [0.717, 1.165) is 19.4 Å². The van der Waals surface area contributed by atoms with Crippen LogP contribution in [0.3, 0.4) is 0 Å². The summed E-state index contributed by atoms with van der Waals surface area (Å²) in [6.45, 7) is 2.26. The number of nitrogens with one attached hydrogen (secondary N) is 1. The van der Waals surface area contributed by atoms with Gasteiger partial charge in [0.1, 0.15) is 0 Å². The highest BCUT2D eigenvalue weighted by Crippen LogP contribution is 2.10. The van der Waals surface area contributed by atoms with Crippen LogP contribution in [0.15, 0.2) is 0 Å². The molecule has 0 saturated carbocycles. The quantitative estimate of drug-likeness (QED) is 0.612. The number of hydrogen-bond donors (Lipinski definition) is 1. The Labute approximate surface area is 101 Å². The molecule has 0 bridgehead atoms. The van der Waals surface area contributed by atoms with Crippen molar-refractivity contribution >= 4 is 0 Å². The third-order valence-corrected chi connectivity index (χ3v) is 3.21. The Balaban J connectivity index is 2.10. The molecule has 1 aliphatic rings. The summed E-state index contributed by atoms with van der Waals surface area (Å²) in [6.07, 6.45) is 14.7. The van der Waals surface area contributed by atoms with Gasteiger partial charge in [-0.05, 0) is 19.4 Å². The molecule has 1 rings (SSSR count). The molecule has 1 heterocycles. The first-order chi connectivity index (χ1) is 8.00. The highest BCUT2D eigenvalue weighted by Gasteiger charge is 1.93. The first-order valence-corrected chi connectivity index (χ1v) is 7.16. The van der Waals surface area contributed by atoms with Gasteiger partial charge in [0.2, 0.25) is 0 Å². The second kappa shape index (κ2) is 11.0. The lowest BCUT2D eigenvalue weighted by Gasteiger charge is -2.04. The van der Waals surface area contributed by atoms with E-state index in [1.165, 1.54) is 64.3 Å². The lowest BCUT2D eigenvalue weighted by Crippen LogP contribution is -2.16. The lowest BCUT2D eigenvalue weighted by molar-refractivity contribution is 0.547. The Hall–Kier alpha value is -0.480. The maximum absolute atomic E-state index is 3.46. The van der Waals surface area contributed by atoms with E-state index in [4.69, 9.17) is 0 Å². The van der Waals surface area contributed by atoms with Gasteiger partial charge in [0.15, 0.2) is 0 Å². The van der Waals surface area contributed by atoms with Crippen molar-refractivity contribution in [3.05, 3.63) is 0 Å². The zero-order chi connectivity index (χ0) is 11.3. The Morgan fingerprint density at radius 2 is 1.06 bits per heavy atom. The van der Waals surface area contributed by atoms with Crippen LogP contribution in [0.5, 0.6) is 0 Å². The predicted molar refractivity (Wildman–Crippen MR) is 71.4 cm³/mol. The van der Waals surface area contributed by atoms with E-state index in [1.807, 2.05) is 0 Å². The van der Waals surface area contributed by atoms with E-state index in [9.17, 15) is 0 Å². The molecule has 0 spiro atoms. The van der Waals surface area contributed by atoms with Crippen LogP contribution in [0.1, 0.15) is 70.6 Å². The van der Waals surface area contributed by atoms with E-state index in [0.29, 0.717) is 0 Å². The summed E-state index contributed by atoms with van der Waals surface area (Å²) in [6, 6.07) is 0. The maximum atomic E-state index is 3.46. The molecule has 1 heteroatoms. The van der Waals surface area contributed by atoms with Gasteiger partial charge in [0, 0.05) is 19.4 Å². The second-order valence-electron chi connectivity index (χ2n) is 4.79. The van der Waals surface area contributed by atoms with Gasteiger partial charge < -0.3 is 5.32 Å². The molecular formula is C15H27N. The molecule has 0 aromatic carbocycles. The molecule has 0 aliphatic carbocycles. The molecular weight excluding hydrogens is 194 g/mol. The Morgan fingerprint density at radius 3 is 1.81 bits per heavy atom. The minimum absolute atomic E-state index is 1.03. The molecule has 92 valence electrons. The fourth-order valence-electron chi connectivity index (χ4n) is 2.15. The smallest absolute Gasteiger partial charge is 0.0214 e. The molecule has 0 saturated heterocycles. The fourth-order valence-corrected chi connectivity index (χ4v) is 2.15. The van der Waals surface area contributed by atoms with Gasteiger partial charge in [-0.15, -0.1) is 11.8 Å². The van der Waals surface area contributed by atoms with Gasteiger partial charge in [-0.1, -0.05) is 44.9 Å². The van der Waals surface area contributed by atoms with E-state index in [1.54, 1.807) is 0 Å². The van der Waals surface area contributed by atoms with Gasteiger partial charge in [-0.25, -0.2) is 0 Å². The zero-order valence-electron chi connectivity index (χ0n) is 10.7. The van der Waals surface area contributed by atoms with Crippen molar-refractivity contribution < 1.29 is 0 Å². The molecule has 0 aromatic heterocycles. The van der Waals surface area contributed by atoms with Crippen molar-refractivity contribution in [1.82, 2.24) is 5.32 Å². The second-order valence-corrected chi connectivity index (χ2v) is 4.79. The highest BCUT2D eigenvalue weighted by molar-refractivity contribution is 4.98. The van der Waals surface area contributed by atoms with E-state index in [2.05, 4.69) is 17.2 Å². The van der Waals surface area contributed by atoms with Crippen molar-refractivity contribution in [1.29, 1.82) is 0 Å². The first kappa shape index (κ1) is 13.6. The third-order valence-electron chi connectivity index (χ3n) is 3.21. The molecule has 0 unspecified atom stereocenters. The SMILES string of the molecule is C1#CCCNCCCCCCCCCCC1. The molecule has 1 nitrogen and oxygen atoms in total. The summed E-state index contributed by atoms with van der Waals surface area (Å²) in [4.78, 5) is 0.